The highest BCUT2D eigenvalue weighted by Crippen LogP contribution is 2.41. The quantitative estimate of drug-likeness (QED) is 0.514. The van der Waals surface area contributed by atoms with Gasteiger partial charge in [0.2, 0.25) is 0 Å². The molecule has 1 aliphatic carbocycles. The van der Waals surface area contributed by atoms with Crippen LogP contribution in [0, 0.1) is 11.3 Å². The molecule has 0 aliphatic heterocycles. The monoisotopic (exact) mass is 382 g/mol. The summed E-state index contributed by atoms with van der Waals surface area (Å²) < 4.78 is 40.3. The standard InChI is InChI=1S/C19H13F3N6/c20-19(21,22)18-13(8-25-28-18)17-11-4-2-1-3-10(11)15-12-7-24-27-16(12)9(6-23)5-14(15)26-17/h5,7-8H,1-4H2,(H,24,27)(H,25,28). The third kappa shape index (κ3) is 2.30. The summed E-state index contributed by atoms with van der Waals surface area (Å²) in [6.45, 7) is 0. The maximum atomic E-state index is 13.4. The van der Waals surface area contributed by atoms with Crippen molar-refractivity contribution in [3.63, 3.8) is 0 Å². The summed E-state index contributed by atoms with van der Waals surface area (Å²) in [4.78, 5) is 4.59. The van der Waals surface area contributed by atoms with Crippen LogP contribution in [0.1, 0.15) is 35.2 Å². The number of H-pyrrole nitrogens is 2. The first-order valence-electron chi connectivity index (χ1n) is 8.81. The van der Waals surface area contributed by atoms with E-state index in [2.05, 4.69) is 31.4 Å². The van der Waals surface area contributed by atoms with Crippen LogP contribution in [-0.2, 0) is 19.0 Å². The summed E-state index contributed by atoms with van der Waals surface area (Å²) in [6.07, 6.45) is 1.49. The summed E-state index contributed by atoms with van der Waals surface area (Å²) in [6, 6.07) is 3.72. The minimum absolute atomic E-state index is 0.0571. The van der Waals surface area contributed by atoms with Crippen molar-refractivity contribution in [3.05, 3.63) is 40.8 Å². The van der Waals surface area contributed by atoms with Crippen molar-refractivity contribution < 1.29 is 13.2 Å². The van der Waals surface area contributed by atoms with Gasteiger partial charge in [-0.15, -0.1) is 0 Å². The lowest BCUT2D eigenvalue weighted by Gasteiger charge is -2.22. The predicted molar refractivity (Wildman–Crippen MR) is 95.3 cm³/mol. The number of aryl methyl sites for hydroxylation is 1. The average molecular weight is 382 g/mol. The summed E-state index contributed by atoms with van der Waals surface area (Å²) in [5, 5.41) is 23.7. The highest BCUT2D eigenvalue weighted by molar-refractivity contribution is 6.09. The summed E-state index contributed by atoms with van der Waals surface area (Å²) in [5.41, 5.74) is 2.60. The number of pyridine rings is 1. The number of hydrogen-bond donors (Lipinski definition) is 2. The molecule has 0 bridgehead atoms. The van der Waals surface area contributed by atoms with E-state index in [1.807, 2.05) is 0 Å². The molecule has 1 aliphatic rings. The van der Waals surface area contributed by atoms with Gasteiger partial charge in [0.15, 0.2) is 0 Å². The van der Waals surface area contributed by atoms with Gasteiger partial charge >= 0.3 is 6.18 Å². The molecule has 0 spiro atoms. The van der Waals surface area contributed by atoms with Gasteiger partial charge in [-0.05, 0) is 42.9 Å². The van der Waals surface area contributed by atoms with Crippen molar-refractivity contribution in [2.24, 2.45) is 0 Å². The number of fused-ring (bicyclic) bond motifs is 5. The number of aromatic nitrogens is 5. The van der Waals surface area contributed by atoms with Crippen LogP contribution in [-0.4, -0.2) is 25.4 Å². The molecule has 0 atom stereocenters. The number of hydrogen-bond acceptors (Lipinski definition) is 4. The van der Waals surface area contributed by atoms with Crippen LogP contribution in [0.4, 0.5) is 13.2 Å². The van der Waals surface area contributed by atoms with Crippen molar-refractivity contribution in [3.8, 4) is 17.3 Å². The van der Waals surface area contributed by atoms with Crippen LogP contribution in [0.3, 0.4) is 0 Å². The van der Waals surface area contributed by atoms with Gasteiger partial charge in [0.1, 0.15) is 11.8 Å². The largest absolute Gasteiger partial charge is 0.433 e. The minimum Gasteiger partial charge on any atom is -0.276 e. The molecule has 3 heterocycles. The Bertz CT molecular complexity index is 1280. The molecular formula is C19H13F3N6. The van der Waals surface area contributed by atoms with Gasteiger partial charge in [0, 0.05) is 10.8 Å². The van der Waals surface area contributed by atoms with Gasteiger partial charge in [-0.25, -0.2) is 4.98 Å². The fraction of sp³-hybridized carbons (Fsp3) is 0.263. The van der Waals surface area contributed by atoms with Crippen molar-refractivity contribution in [1.82, 2.24) is 25.4 Å². The zero-order chi connectivity index (χ0) is 19.5. The smallest absolute Gasteiger partial charge is 0.276 e. The van der Waals surface area contributed by atoms with Gasteiger partial charge in [-0.2, -0.15) is 28.6 Å². The maximum Gasteiger partial charge on any atom is 0.433 e. The molecule has 5 rings (SSSR count). The first kappa shape index (κ1) is 16.7. The number of benzene rings is 1. The van der Waals surface area contributed by atoms with Crippen molar-refractivity contribution in [2.45, 2.75) is 31.9 Å². The van der Waals surface area contributed by atoms with E-state index in [9.17, 15) is 18.4 Å². The lowest BCUT2D eigenvalue weighted by molar-refractivity contribution is -0.140. The number of halogens is 3. The van der Waals surface area contributed by atoms with Crippen LogP contribution in [0.25, 0.3) is 33.1 Å². The zero-order valence-electron chi connectivity index (χ0n) is 14.5. The predicted octanol–water partition coefficient (Wildman–Crippen LogP) is 4.27. The molecule has 0 saturated carbocycles. The first-order chi connectivity index (χ1) is 13.5. The number of nitrogens with one attached hydrogen (secondary N) is 2. The van der Waals surface area contributed by atoms with Gasteiger partial charge in [0.05, 0.1) is 40.2 Å². The van der Waals surface area contributed by atoms with Crippen molar-refractivity contribution in [1.29, 1.82) is 5.26 Å². The topological polar surface area (TPSA) is 94.0 Å². The molecule has 140 valence electrons. The SMILES string of the molecule is N#Cc1cc2nc(-c3cn[nH]c3C(F)(F)F)c3c(c2c2cn[nH]c12)CCCC3. The van der Waals surface area contributed by atoms with E-state index >= 15 is 0 Å². The molecule has 9 heteroatoms. The molecule has 4 aromatic rings. The van der Waals surface area contributed by atoms with Gasteiger partial charge < -0.3 is 0 Å². The Morgan fingerprint density at radius 3 is 2.54 bits per heavy atom. The molecule has 2 N–H and O–H groups in total. The minimum atomic E-state index is -4.56. The van der Waals surface area contributed by atoms with E-state index in [4.69, 9.17) is 0 Å². The molecule has 0 unspecified atom stereocenters. The molecule has 1 aromatic carbocycles. The van der Waals surface area contributed by atoms with E-state index in [1.54, 1.807) is 12.3 Å². The number of rotatable bonds is 1. The molecule has 6 nitrogen and oxygen atoms in total. The Morgan fingerprint density at radius 2 is 1.79 bits per heavy atom. The number of nitrogens with zero attached hydrogens (tertiary/aromatic N) is 4. The van der Waals surface area contributed by atoms with Crippen molar-refractivity contribution >= 4 is 21.8 Å². The third-order valence-electron chi connectivity index (χ3n) is 5.30. The Labute approximate surface area is 156 Å². The Balaban J connectivity index is 1.91. The van der Waals surface area contributed by atoms with Gasteiger partial charge in [0.25, 0.3) is 0 Å². The van der Waals surface area contributed by atoms with Crippen molar-refractivity contribution in [2.75, 3.05) is 0 Å². The van der Waals surface area contributed by atoms with Crippen LogP contribution in [0.5, 0.6) is 0 Å². The van der Waals surface area contributed by atoms with E-state index in [0.717, 1.165) is 41.2 Å². The first-order valence-corrected chi connectivity index (χ1v) is 8.81. The maximum absolute atomic E-state index is 13.4. The van der Waals surface area contributed by atoms with Crippen LogP contribution < -0.4 is 0 Å². The van der Waals surface area contributed by atoms with E-state index < -0.39 is 11.9 Å². The lowest BCUT2D eigenvalue weighted by atomic mass is 9.85. The molecule has 0 fully saturated rings. The highest BCUT2D eigenvalue weighted by Gasteiger charge is 2.37. The van der Waals surface area contributed by atoms with Crippen LogP contribution >= 0.6 is 0 Å². The molecule has 3 aromatic heterocycles. The third-order valence-corrected chi connectivity index (χ3v) is 5.30. The molecule has 0 radical (unpaired) electrons. The van der Waals surface area contributed by atoms with Gasteiger partial charge in [-0.3, -0.25) is 10.2 Å². The van der Waals surface area contributed by atoms with Gasteiger partial charge in [-0.1, -0.05) is 0 Å². The van der Waals surface area contributed by atoms with E-state index in [-0.39, 0.29) is 11.3 Å². The number of nitriles is 1. The highest BCUT2D eigenvalue weighted by atomic mass is 19.4. The lowest BCUT2D eigenvalue weighted by Crippen LogP contribution is -2.11. The second kappa shape index (κ2) is 5.79. The second-order valence-corrected chi connectivity index (χ2v) is 6.87. The normalized spacial score (nSPS) is 14.4. The molecule has 28 heavy (non-hydrogen) atoms. The molecule has 0 saturated heterocycles. The fourth-order valence-electron chi connectivity index (χ4n) is 4.13. The Hall–Kier alpha value is -3.41. The van der Waals surface area contributed by atoms with Crippen LogP contribution in [0.15, 0.2) is 18.5 Å². The fourth-order valence-corrected chi connectivity index (χ4v) is 4.13. The number of alkyl halides is 3. The summed E-state index contributed by atoms with van der Waals surface area (Å²) in [5.74, 6) is 0. The zero-order valence-corrected chi connectivity index (χ0v) is 14.5. The summed E-state index contributed by atoms with van der Waals surface area (Å²) in [7, 11) is 0. The number of aromatic amines is 2. The average Bonchev–Trinajstić information content (AvgIpc) is 3.35. The molecular weight excluding hydrogens is 369 g/mol. The Morgan fingerprint density at radius 1 is 1.04 bits per heavy atom. The second-order valence-electron chi connectivity index (χ2n) is 6.87. The van der Waals surface area contributed by atoms with E-state index in [1.165, 1.54) is 6.20 Å². The Kier molecular flexibility index (Phi) is 3.46. The summed E-state index contributed by atoms with van der Waals surface area (Å²) >= 11 is 0. The van der Waals surface area contributed by atoms with E-state index in [0.29, 0.717) is 23.0 Å². The molecule has 0 amide bonds. The van der Waals surface area contributed by atoms with Crippen LogP contribution in [0.2, 0.25) is 0 Å².